The minimum absolute atomic E-state index is 0.00479. The molecule has 9 heteroatoms. The van der Waals surface area contributed by atoms with E-state index in [-0.39, 0.29) is 16.6 Å². The summed E-state index contributed by atoms with van der Waals surface area (Å²) in [4.78, 5) is 6.64. The number of alkyl halides is 3. The molecule has 0 spiro atoms. The Labute approximate surface area is 153 Å². The van der Waals surface area contributed by atoms with Gasteiger partial charge in [0.15, 0.2) is 11.5 Å². The number of phenols is 1. The number of ether oxygens (including phenoxy) is 1. The maximum Gasteiger partial charge on any atom is 0.419 e. The van der Waals surface area contributed by atoms with Crippen molar-refractivity contribution in [2.24, 2.45) is 4.99 Å². The molecule has 0 amide bonds. The zero-order chi connectivity index (χ0) is 19.2. The fraction of sp³-hybridized carbons (Fsp3) is 0.294. The zero-order valence-corrected chi connectivity index (χ0v) is 14.7. The highest BCUT2D eigenvalue weighted by Crippen LogP contribution is 2.31. The standard InChI is InChI=1S/C17H17ClF3N3O2/c1-2-26-14-5-3-4-11(15(14)25)9-22-6-7-23-16-13(18)8-12(10-24-16)17(19,20)21/h3-5,8-10,25H,2,6-7H2,1H3,(H,23,24)/p+1. The van der Waals surface area contributed by atoms with Gasteiger partial charge in [0.05, 0.1) is 18.7 Å². The van der Waals surface area contributed by atoms with Gasteiger partial charge in [-0.05, 0) is 25.1 Å². The quantitative estimate of drug-likeness (QED) is 0.560. The summed E-state index contributed by atoms with van der Waals surface area (Å²) in [7, 11) is 0. The number of para-hydroxylation sites is 1. The number of hydrogen-bond acceptors (Lipinski definition) is 4. The lowest BCUT2D eigenvalue weighted by Crippen LogP contribution is -2.19. The molecule has 26 heavy (non-hydrogen) atoms. The number of benzene rings is 1. The van der Waals surface area contributed by atoms with Crippen LogP contribution in [-0.4, -0.2) is 31.0 Å². The van der Waals surface area contributed by atoms with Crippen molar-refractivity contribution in [3.05, 3.63) is 46.6 Å². The highest BCUT2D eigenvalue weighted by molar-refractivity contribution is 6.32. The van der Waals surface area contributed by atoms with E-state index in [2.05, 4.69) is 15.3 Å². The third-order valence-corrected chi connectivity index (χ3v) is 3.62. The van der Waals surface area contributed by atoms with Crippen molar-refractivity contribution < 1.29 is 28.0 Å². The van der Waals surface area contributed by atoms with Crippen LogP contribution in [0.25, 0.3) is 0 Å². The van der Waals surface area contributed by atoms with Crippen LogP contribution >= 0.6 is 11.6 Å². The van der Waals surface area contributed by atoms with E-state index in [4.69, 9.17) is 16.3 Å². The van der Waals surface area contributed by atoms with Gasteiger partial charge in [0.2, 0.25) is 0 Å². The first kappa shape index (κ1) is 19.8. The average molecular weight is 389 g/mol. The van der Waals surface area contributed by atoms with Crippen LogP contribution in [-0.2, 0) is 6.18 Å². The Kier molecular flexibility index (Phi) is 6.68. The molecule has 0 aliphatic rings. The predicted molar refractivity (Wildman–Crippen MR) is 93.2 cm³/mol. The van der Waals surface area contributed by atoms with Crippen molar-refractivity contribution in [1.82, 2.24) is 0 Å². The molecule has 0 unspecified atom stereocenters. The Morgan fingerprint density at radius 1 is 1.38 bits per heavy atom. The van der Waals surface area contributed by atoms with Crippen molar-refractivity contribution >= 4 is 23.6 Å². The van der Waals surface area contributed by atoms with Crippen LogP contribution in [0.4, 0.5) is 19.0 Å². The number of phenolic OH excluding ortho intramolecular Hbond substituents is 1. The van der Waals surface area contributed by atoms with Crippen molar-refractivity contribution in [3.63, 3.8) is 0 Å². The van der Waals surface area contributed by atoms with Crippen LogP contribution in [0.1, 0.15) is 18.1 Å². The number of halogens is 4. The minimum Gasteiger partial charge on any atom is -0.504 e. The van der Waals surface area contributed by atoms with E-state index < -0.39 is 11.7 Å². The number of rotatable bonds is 7. The van der Waals surface area contributed by atoms with E-state index in [1.165, 1.54) is 6.21 Å². The number of nitrogens with zero attached hydrogens (tertiary/aromatic N) is 1. The number of anilines is 1. The van der Waals surface area contributed by atoms with E-state index in [0.717, 1.165) is 12.3 Å². The molecule has 5 nitrogen and oxygen atoms in total. The Morgan fingerprint density at radius 3 is 2.81 bits per heavy atom. The average Bonchev–Trinajstić information content (AvgIpc) is 2.58. The summed E-state index contributed by atoms with van der Waals surface area (Å²) in [5, 5.41) is 12.8. The third kappa shape index (κ3) is 5.26. The summed E-state index contributed by atoms with van der Waals surface area (Å²) < 4.78 is 43.0. The van der Waals surface area contributed by atoms with Crippen molar-refractivity contribution in [1.29, 1.82) is 0 Å². The van der Waals surface area contributed by atoms with Gasteiger partial charge in [-0.2, -0.15) is 13.2 Å². The molecule has 140 valence electrons. The first-order chi connectivity index (χ1) is 12.3. The molecular formula is C17H18ClF3N3O2+. The summed E-state index contributed by atoms with van der Waals surface area (Å²) in [6, 6.07) is 5.93. The molecule has 3 N–H and O–H groups in total. The molecule has 0 fully saturated rings. The lowest BCUT2D eigenvalue weighted by atomic mass is 10.2. The number of aliphatic imine (C=N–C) groups is 1. The molecular weight excluding hydrogens is 371 g/mol. The van der Waals surface area contributed by atoms with Crippen LogP contribution < -0.4 is 15.0 Å². The number of aromatic nitrogens is 1. The molecule has 0 aliphatic heterocycles. The van der Waals surface area contributed by atoms with E-state index in [1.807, 2.05) is 6.92 Å². The summed E-state index contributed by atoms with van der Waals surface area (Å²) in [5.41, 5.74) is -0.342. The van der Waals surface area contributed by atoms with E-state index in [1.54, 1.807) is 18.2 Å². The van der Waals surface area contributed by atoms with Crippen molar-refractivity contribution in [3.8, 4) is 11.5 Å². The Balaban J connectivity index is 1.91. The van der Waals surface area contributed by atoms with E-state index in [9.17, 15) is 18.3 Å². The highest BCUT2D eigenvalue weighted by atomic mass is 35.5. The van der Waals surface area contributed by atoms with Gasteiger partial charge in [0.1, 0.15) is 17.8 Å². The van der Waals surface area contributed by atoms with Crippen LogP contribution in [0.2, 0.25) is 5.02 Å². The number of hydrogen-bond donors (Lipinski definition) is 2. The Hall–Kier alpha value is -2.48. The van der Waals surface area contributed by atoms with Gasteiger partial charge < -0.3 is 9.84 Å². The first-order valence-electron chi connectivity index (χ1n) is 7.79. The van der Waals surface area contributed by atoms with Gasteiger partial charge in [0.25, 0.3) is 5.82 Å². The maximum atomic E-state index is 12.6. The molecule has 0 aliphatic carbocycles. The Morgan fingerprint density at radius 2 is 2.15 bits per heavy atom. The second-order valence-corrected chi connectivity index (χ2v) is 5.61. The smallest absolute Gasteiger partial charge is 0.419 e. The third-order valence-electron chi connectivity index (χ3n) is 3.32. The van der Waals surface area contributed by atoms with Gasteiger partial charge in [-0.15, -0.1) is 0 Å². The molecule has 0 saturated carbocycles. The molecule has 1 heterocycles. The van der Waals surface area contributed by atoms with Gasteiger partial charge in [-0.1, -0.05) is 17.7 Å². The van der Waals surface area contributed by atoms with Gasteiger partial charge in [0, 0.05) is 11.8 Å². The fourth-order valence-electron chi connectivity index (χ4n) is 2.09. The topological polar surface area (TPSA) is 68.0 Å². The van der Waals surface area contributed by atoms with Crippen LogP contribution in [0.3, 0.4) is 0 Å². The van der Waals surface area contributed by atoms with E-state index in [0.29, 0.717) is 31.0 Å². The molecule has 2 rings (SSSR count). The predicted octanol–water partition coefficient (Wildman–Crippen LogP) is 3.81. The van der Waals surface area contributed by atoms with Gasteiger partial charge >= 0.3 is 6.18 Å². The summed E-state index contributed by atoms with van der Waals surface area (Å²) in [6.07, 6.45) is -2.12. The second-order valence-electron chi connectivity index (χ2n) is 5.20. The van der Waals surface area contributed by atoms with Crippen LogP contribution in [0.5, 0.6) is 11.5 Å². The number of H-pyrrole nitrogens is 1. The number of aromatic amines is 1. The van der Waals surface area contributed by atoms with Crippen molar-refractivity contribution in [2.45, 2.75) is 13.1 Å². The number of nitrogens with one attached hydrogen (secondary N) is 2. The summed E-state index contributed by atoms with van der Waals surface area (Å²) in [5.74, 6) is 0.655. The van der Waals surface area contributed by atoms with Crippen molar-refractivity contribution in [2.75, 3.05) is 25.0 Å². The normalized spacial score (nSPS) is 11.7. The molecule has 0 saturated heterocycles. The molecule has 2 aromatic rings. The van der Waals surface area contributed by atoms with Crippen LogP contribution in [0.15, 0.2) is 35.5 Å². The monoisotopic (exact) mass is 388 g/mol. The fourth-order valence-corrected chi connectivity index (χ4v) is 2.33. The number of pyridine rings is 1. The first-order valence-corrected chi connectivity index (χ1v) is 8.17. The number of aromatic hydroxyl groups is 1. The Bertz CT molecular complexity index is 782. The summed E-state index contributed by atoms with van der Waals surface area (Å²) >= 11 is 5.83. The van der Waals surface area contributed by atoms with Crippen LogP contribution in [0, 0.1) is 0 Å². The molecule has 0 radical (unpaired) electrons. The maximum absolute atomic E-state index is 12.6. The minimum atomic E-state index is -4.46. The van der Waals surface area contributed by atoms with Gasteiger partial charge in [-0.25, -0.2) is 4.98 Å². The highest BCUT2D eigenvalue weighted by Gasteiger charge is 2.32. The lowest BCUT2D eigenvalue weighted by molar-refractivity contribution is -0.364. The molecule has 0 bridgehead atoms. The largest absolute Gasteiger partial charge is 0.504 e. The lowest BCUT2D eigenvalue weighted by Gasteiger charge is -2.07. The zero-order valence-electron chi connectivity index (χ0n) is 13.9. The SMILES string of the molecule is CCOc1cccc(C=NCCNc2[nH+]cc(C(F)(F)F)cc2Cl)c1O. The molecule has 1 aromatic heterocycles. The summed E-state index contributed by atoms with van der Waals surface area (Å²) in [6.45, 7) is 2.91. The van der Waals surface area contributed by atoms with Gasteiger partial charge in [-0.3, -0.25) is 10.3 Å². The van der Waals surface area contributed by atoms with E-state index >= 15 is 0 Å². The second kappa shape index (κ2) is 8.75. The molecule has 0 atom stereocenters. The molecule has 1 aromatic carbocycles.